The summed E-state index contributed by atoms with van der Waals surface area (Å²) >= 11 is 3.64. The molecule has 1 heterocycles. The van der Waals surface area contributed by atoms with Gasteiger partial charge in [0.25, 0.3) is 5.91 Å². The highest BCUT2D eigenvalue weighted by molar-refractivity contribution is 9.09. The van der Waals surface area contributed by atoms with Crippen LogP contribution in [-0.4, -0.2) is 34.8 Å². The first-order valence-corrected chi connectivity index (χ1v) is 10.8. The molecular weight excluding hydrogens is 459 g/mol. The molecule has 1 aliphatic rings. The maximum Gasteiger partial charge on any atom is 0.416 e. The van der Waals surface area contributed by atoms with Gasteiger partial charge in [0.2, 0.25) is 0 Å². The molecule has 7 heteroatoms. The normalized spacial score (nSPS) is 20.5. The first-order chi connectivity index (χ1) is 14.0. The van der Waals surface area contributed by atoms with Gasteiger partial charge in [-0.05, 0) is 56.2 Å². The number of ether oxygens (including phenoxy) is 1. The van der Waals surface area contributed by atoms with Crippen molar-refractivity contribution >= 4 is 21.8 Å². The summed E-state index contributed by atoms with van der Waals surface area (Å²) in [5, 5.41) is 0. The number of amides is 1. The van der Waals surface area contributed by atoms with Crippen LogP contribution in [0.2, 0.25) is 0 Å². The molecule has 1 aliphatic heterocycles. The minimum atomic E-state index is -4.37. The molecule has 3 rings (SSSR count). The van der Waals surface area contributed by atoms with Gasteiger partial charge in [-0.1, -0.05) is 41.1 Å². The summed E-state index contributed by atoms with van der Waals surface area (Å²) in [6.07, 6.45) is -3.70. The van der Waals surface area contributed by atoms with Gasteiger partial charge in [0.15, 0.2) is 0 Å². The molecular formula is C23H25BrF3NO2. The summed E-state index contributed by atoms with van der Waals surface area (Å²) in [6, 6.07) is 12.4. The van der Waals surface area contributed by atoms with Crippen molar-refractivity contribution in [3.8, 4) is 5.75 Å². The van der Waals surface area contributed by atoms with Crippen molar-refractivity contribution < 1.29 is 22.7 Å². The predicted octanol–water partition coefficient (Wildman–Crippen LogP) is 6.06. The molecule has 30 heavy (non-hydrogen) atoms. The van der Waals surface area contributed by atoms with Crippen molar-refractivity contribution in [3.05, 3.63) is 65.2 Å². The fraction of sp³-hybridized carbons (Fsp3) is 0.435. The third-order valence-electron chi connectivity index (χ3n) is 5.59. The first kappa shape index (κ1) is 22.7. The summed E-state index contributed by atoms with van der Waals surface area (Å²) in [6.45, 7) is 6.78. The van der Waals surface area contributed by atoms with Crippen LogP contribution in [0.4, 0.5) is 13.2 Å². The van der Waals surface area contributed by atoms with Crippen molar-refractivity contribution in [2.45, 2.75) is 49.7 Å². The van der Waals surface area contributed by atoms with Gasteiger partial charge >= 0.3 is 6.18 Å². The molecule has 0 aliphatic carbocycles. The van der Waals surface area contributed by atoms with Crippen LogP contribution in [0.3, 0.4) is 0 Å². The van der Waals surface area contributed by atoms with Crippen LogP contribution < -0.4 is 4.74 Å². The van der Waals surface area contributed by atoms with Crippen molar-refractivity contribution in [2.75, 3.05) is 13.1 Å². The lowest BCUT2D eigenvalue weighted by Crippen LogP contribution is -2.39. The Morgan fingerprint density at radius 1 is 1.13 bits per heavy atom. The lowest BCUT2D eigenvalue weighted by atomic mass is 9.77. The van der Waals surface area contributed by atoms with E-state index in [1.807, 2.05) is 26.8 Å². The summed E-state index contributed by atoms with van der Waals surface area (Å²) in [5.74, 6) is 0.532. The number of hydrogen-bond donors (Lipinski definition) is 0. The Morgan fingerprint density at radius 2 is 1.80 bits per heavy atom. The highest BCUT2D eigenvalue weighted by Gasteiger charge is 2.45. The zero-order valence-corrected chi connectivity index (χ0v) is 18.8. The third-order valence-corrected chi connectivity index (χ3v) is 6.47. The lowest BCUT2D eigenvalue weighted by Gasteiger charge is -2.33. The van der Waals surface area contributed by atoms with Gasteiger partial charge in [-0.15, -0.1) is 0 Å². The van der Waals surface area contributed by atoms with Crippen molar-refractivity contribution in [2.24, 2.45) is 0 Å². The average Bonchev–Trinajstić information content (AvgIpc) is 3.13. The van der Waals surface area contributed by atoms with E-state index in [9.17, 15) is 18.0 Å². The highest BCUT2D eigenvalue weighted by atomic mass is 79.9. The second-order valence-corrected chi connectivity index (χ2v) is 9.39. The largest absolute Gasteiger partial charge is 0.491 e. The number of carbonyl (C=O) groups excluding carboxylic acids is 1. The van der Waals surface area contributed by atoms with E-state index in [-0.39, 0.29) is 16.8 Å². The van der Waals surface area contributed by atoms with Crippen LogP contribution in [0.1, 0.15) is 48.7 Å². The number of nitrogens with zero attached hydrogens (tertiary/aromatic N) is 1. The van der Waals surface area contributed by atoms with E-state index < -0.39 is 17.2 Å². The number of rotatable bonds is 5. The SMILES string of the molecule is CC(C)Oc1cccc(C(=O)N2CCC(c3ccc(C(F)(F)F)cc3)(C(C)Br)C2)c1. The van der Waals surface area contributed by atoms with Crippen LogP contribution in [0.15, 0.2) is 48.5 Å². The number of halogens is 4. The van der Waals surface area contributed by atoms with Gasteiger partial charge in [0.05, 0.1) is 11.7 Å². The first-order valence-electron chi connectivity index (χ1n) is 9.91. The molecule has 1 fully saturated rings. The van der Waals surface area contributed by atoms with Gasteiger partial charge in [0, 0.05) is 28.9 Å². The molecule has 2 atom stereocenters. The summed E-state index contributed by atoms with van der Waals surface area (Å²) in [5.41, 5.74) is 0.216. The molecule has 0 aromatic heterocycles. The van der Waals surface area contributed by atoms with E-state index in [0.29, 0.717) is 30.8 Å². The third kappa shape index (κ3) is 4.66. The van der Waals surface area contributed by atoms with Gasteiger partial charge in [-0.25, -0.2) is 0 Å². The fourth-order valence-corrected chi connectivity index (χ4v) is 4.58. The summed E-state index contributed by atoms with van der Waals surface area (Å²) in [4.78, 5) is 14.9. The summed E-state index contributed by atoms with van der Waals surface area (Å²) < 4.78 is 44.5. The Labute approximate surface area is 183 Å². The number of carbonyl (C=O) groups is 1. The lowest BCUT2D eigenvalue weighted by molar-refractivity contribution is -0.137. The van der Waals surface area contributed by atoms with Crippen molar-refractivity contribution in [1.29, 1.82) is 0 Å². The molecule has 162 valence electrons. The number of benzene rings is 2. The molecule has 2 aromatic rings. The van der Waals surface area contributed by atoms with E-state index in [2.05, 4.69) is 15.9 Å². The smallest absolute Gasteiger partial charge is 0.416 e. The van der Waals surface area contributed by atoms with Crippen LogP contribution in [-0.2, 0) is 11.6 Å². The molecule has 0 N–H and O–H groups in total. The molecule has 0 spiro atoms. The number of likely N-dealkylation sites (tertiary alicyclic amines) is 1. The molecule has 0 bridgehead atoms. The molecule has 0 radical (unpaired) electrons. The zero-order valence-electron chi connectivity index (χ0n) is 17.2. The van der Waals surface area contributed by atoms with E-state index in [1.165, 1.54) is 12.1 Å². The van der Waals surface area contributed by atoms with Gasteiger partial charge in [-0.3, -0.25) is 4.79 Å². The maximum atomic E-state index is 13.1. The Balaban J connectivity index is 1.84. The Kier molecular flexibility index (Phi) is 6.51. The molecule has 2 unspecified atom stereocenters. The molecule has 2 aromatic carbocycles. The van der Waals surface area contributed by atoms with Crippen LogP contribution >= 0.6 is 15.9 Å². The molecule has 0 saturated carbocycles. The standard InChI is InChI=1S/C23H25BrF3NO2/c1-15(2)30-20-6-4-5-17(13-20)21(29)28-12-11-22(14-28,16(3)24)18-7-9-19(10-8-18)23(25,26)27/h4-10,13,15-16H,11-12,14H2,1-3H3. The Bertz CT molecular complexity index is 896. The molecule has 1 saturated heterocycles. The average molecular weight is 484 g/mol. The quantitative estimate of drug-likeness (QED) is 0.483. The van der Waals surface area contributed by atoms with Gasteiger partial charge in [-0.2, -0.15) is 13.2 Å². The van der Waals surface area contributed by atoms with Gasteiger partial charge < -0.3 is 9.64 Å². The van der Waals surface area contributed by atoms with Gasteiger partial charge in [0.1, 0.15) is 5.75 Å². The number of hydrogen-bond acceptors (Lipinski definition) is 2. The van der Waals surface area contributed by atoms with E-state index in [1.54, 1.807) is 23.1 Å². The topological polar surface area (TPSA) is 29.5 Å². The zero-order chi connectivity index (χ0) is 22.1. The molecule has 1 amide bonds. The van der Waals surface area contributed by atoms with Crippen molar-refractivity contribution in [1.82, 2.24) is 4.90 Å². The number of alkyl halides is 4. The summed E-state index contributed by atoms with van der Waals surface area (Å²) in [7, 11) is 0. The highest BCUT2D eigenvalue weighted by Crippen LogP contribution is 2.42. The minimum absolute atomic E-state index is 0.00343. The fourth-order valence-electron chi connectivity index (χ4n) is 3.94. The minimum Gasteiger partial charge on any atom is -0.491 e. The predicted molar refractivity (Wildman–Crippen MR) is 114 cm³/mol. The van der Waals surface area contributed by atoms with E-state index in [4.69, 9.17) is 4.74 Å². The Hall–Kier alpha value is -2.02. The van der Waals surface area contributed by atoms with Crippen LogP contribution in [0.5, 0.6) is 5.75 Å². The monoisotopic (exact) mass is 483 g/mol. The molecule has 3 nitrogen and oxygen atoms in total. The second-order valence-electron chi connectivity index (χ2n) is 8.02. The Morgan fingerprint density at radius 3 is 2.37 bits per heavy atom. The van der Waals surface area contributed by atoms with Crippen LogP contribution in [0, 0.1) is 0 Å². The van der Waals surface area contributed by atoms with E-state index >= 15 is 0 Å². The van der Waals surface area contributed by atoms with Crippen LogP contribution in [0.25, 0.3) is 0 Å². The van der Waals surface area contributed by atoms with E-state index in [0.717, 1.165) is 17.7 Å². The van der Waals surface area contributed by atoms with Crippen molar-refractivity contribution in [3.63, 3.8) is 0 Å². The second kappa shape index (κ2) is 8.61. The maximum absolute atomic E-state index is 13.1.